The molecule has 0 heteroatoms. The Kier molecular flexibility index (Phi) is 15.8. The number of hydrogen-bond donors (Lipinski definition) is 0. The number of fused-ring (bicyclic) bond motifs is 1. The van der Waals surface area contributed by atoms with Crippen LogP contribution in [-0.4, -0.2) is 0 Å². The van der Waals surface area contributed by atoms with Gasteiger partial charge in [0.15, 0.2) is 0 Å². The van der Waals surface area contributed by atoms with E-state index in [0.29, 0.717) is 0 Å². The van der Waals surface area contributed by atoms with Gasteiger partial charge in [0.1, 0.15) is 0 Å². The average molecular weight is 435 g/mol. The van der Waals surface area contributed by atoms with Gasteiger partial charge in [0, 0.05) is 0 Å². The zero-order chi connectivity index (χ0) is 22.5. The first-order valence-electron chi connectivity index (χ1n) is 14.0. The summed E-state index contributed by atoms with van der Waals surface area (Å²) >= 11 is 0. The second kappa shape index (κ2) is 19.0. The fraction of sp³-hybridized carbons (Fsp3) is 0.625. The summed E-state index contributed by atoms with van der Waals surface area (Å²) in [6.45, 7) is 2.25. The first kappa shape index (κ1) is 26.7. The summed E-state index contributed by atoms with van der Waals surface area (Å²) < 4.78 is 0. The van der Waals surface area contributed by atoms with Gasteiger partial charge < -0.3 is 0 Å². The molecule has 0 aliphatic heterocycles. The lowest BCUT2D eigenvalue weighted by molar-refractivity contribution is 0.531. The van der Waals surface area contributed by atoms with E-state index in [2.05, 4.69) is 61.5 Å². The Morgan fingerprint density at radius 3 is 1.62 bits per heavy atom. The minimum absolute atomic E-state index is 1.23. The maximum Gasteiger partial charge on any atom is -0.0152 e. The summed E-state index contributed by atoms with van der Waals surface area (Å²) in [5.41, 5.74) is 1.53. The first-order valence-corrected chi connectivity index (χ1v) is 14.0. The molecule has 0 heterocycles. The molecule has 0 spiro atoms. The van der Waals surface area contributed by atoms with E-state index >= 15 is 0 Å². The van der Waals surface area contributed by atoms with Gasteiger partial charge in [-0.3, -0.25) is 0 Å². The third-order valence-electron chi connectivity index (χ3n) is 6.82. The normalized spacial score (nSPS) is 11.7. The van der Waals surface area contributed by atoms with Crippen molar-refractivity contribution in [2.75, 3.05) is 0 Å². The molecule has 0 bridgehead atoms. The Morgan fingerprint density at radius 1 is 0.500 bits per heavy atom. The van der Waals surface area contributed by atoms with Crippen LogP contribution in [0.1, 0.15) is 128 Å². The minimum Gasteiger partial charge on any atom is -0.0885 e. The van der Waals surface area contributed by atoms with Gasteiger partial charge in [0.05, 0.1) is 0 Å². The van der Waals surface area contributed by atoms with Crippen LogP contribution < -0.4 is 0 Å². The monoisotopic (exact) mass is 434 g/mol. The molecule has 0 saturated carbocycles. The molecule has 0 unspecified atom stereocenters. The van der Waals surface area contributed by atoms with Crippen molar-refractivity contribution >= 4 is 10.8 Å². The maximum absolute atomic E-state index is 2.38. The van der Waals surface area contributed by atoms with Gasteiger partial charge in [0.25, 0.3) is 0 Å². The van der Waals surface area contributed by atoms with Crippen LogP contribution in [0.25, 0.3) is 10.8 Å². The highest BCUT2D eigenvalue weighted by Gasteiger charge is 2.00. The summed E-state index contributed by atoms with van der Waals surface area (Å²) in [5.74, 6) is 0. The molecule has 0 aliphatic rings. The van der Waals surface area contributed by atoms with Gasteiger partial charge in [-0.2, -0.15) is 0 Å². The largest absolute Gasteiger partial charge is 0.0885 e. The van der Waals surface area contributed by atoms with Gasteiger partial charge in [-0.05, 0) is 48.4 Å². The molecule has 0 aliphatic carbocycles. The van der Waals surface area contributed by atoms with E-state index in [1.807, 2.05) is 0 Å². The van der Waals surface area contributed by atoms with Gasteiger partial charge >= 0.3 is 0 Å². The number of aryl methyl sites for hydroxylation is 1. The van der Waals surface area contributed by atoms with Crippen LogP contribution in [0.2, 0.25) is 0 Å². The topological polar surface area (TPSA) is 0 Å². The molecule has 32 heavy (non-hydrogen) atoms. The molecule has 0 atom stereocenters. The van der Waals surface area contributed by atoms with Crippen LogP contribution >= 0.6 is 0 Å². The van der Waals surface area contributed by atoms with Crippen molar-refractivity contribution in [2.24, 2.45) is 0 Å². The van der Waals surface area contributed by atoms with Crippen molar-refractivity contribution in [1.29, 1.82) is 0 Å². The summed E-state index contributed by atoms with van der Waals surface area (Å²) in [4.78, 5) is 0. The second-order valence-corrected chi connectivity index (χ2v) is 9.74. The Hall–Kier alpha value is -1.56. The number of hydrogen-bond acceptors (Lipinski definition) is 0. The molecule has 0 amide bonds. The number of unbranched alkanes of at least 4 members (excludes halogenated alkanes) is 16. The van der Waals surface area contributed by atoms with Gasteiger partial charge in [-0.1, -0.05) is 151 Å². The van der Waals surface area contributed by atoms with E-state index in [1.54, 1.807) is 0 Å². The van der Waals surface area contributed by atoms with E-state index in [9.17, 15) is 0 Å². The third-order valence-corrected chi connectivity index (χ3v) is 6.82. The van der Waals surface area contributed by atoms with Crippen LogP contribution in [0, 0.1) is 0 Å². The van der Waals surface area contributed by atoms with Gasteiger partial charge in [-0.25, -0.2) is 0 Å². The predicted octanol–water partition coefficient (Wildman–Crippen LogP) is 11.0. The molecule has 178 valence electrons. The standard InChI is InChI=1S/C32H50/c1-2-3-4-5-6-7-8-9-10-11-12-13-14-15-16-17-18-19-20-21-25-30-27-24-28-31-26-22-23-29-32(30)31/h4-5,22-24,26-29H,2-3,6-21,25H2,1H3/b5-4+. The maximum atomic E-state index is 2.38. The molecule has 2 aromatic rings. The molecule has 0 radical (unpaired) electrons. The lowest BCUT2D eigenvalue weighted by Crippen LogP contribution is -1.88. The van der Waals surface area contributed by atoms with Crippen molar-refractivity contribution < 1.29 is 0 Å². The van der Waals surface area contributed by atoms with Crippen LogP contribution in [0.3, 0.4) is 0 Å². The fourth-order valence-corrected chi connectivity index (χ4v) is 4.79. The molecule has 0 aromatic heterocycles. The highest BCUT2D eigenvalue weighted by Crippen LogP contribution is 2.21. The minimum atomic E-state index is 1.23. The zero-order valence-electron chi connectivity index (χ0n) is 21.1. The number of allylic oxidation sites excluding steroid dienone is 2. The average Bonchev–Trinajstić information content (AvgIpc) is 2.83. The van der Waals surface area contributed by atoms with Crippen molar-refractivity contribution in [2.45, 2.75) is 129 Å². The number of benzene rings is 2. The Balaban J connectivity index is 1.31. The summed E-state index contributed by atoms with van der Waals surface area (Å²) in [5, 5.41) is 2.83. The quantitative estimate of drug-likeness (QED) is 0.143. The second-order valence-electron chi connectivity index (χ2n) is 9.74. The van der Waals surface area contributed by atoms with Gasteiger partial charge in [-0.15, -0.1) is 0 Å². The van der Waals surface area contributed by atoms with Crippen molar-refractivity contribution in [1.82, 2.24) is 0 Å². The van der Waals surface area contributed by atoms with Crippen molar-refractivity contribution in [3.63, 3.8) is 0 Å². The van der Waals surface area contributed by atoms with Gasteiger partial charge in [0.2, 0.25) is 0 Å². The molecule has 2 aromatic carbocycles. The highest BCUT2D eigenvalue weighted by molar-refractivity contribution is 5.85. The lowest BCUT2D eigenvalue weighted by atomic mass is 9.99. The van der Waals surface area contributed by atoms with E-state index in [0.717, 1.165) is 0 Å². The number of rotatable bonds is 20. The van der Waals surface area contributed by atoms with Crippen LogP contribution in [0.5, 0.6) is 0 Å². The van der Waals surface area contributed by atoms with Crippen LogP contribution in [0.15, 0.2) is 54.6 Å². The molecule has 0 saturated heterocycles. The van der Waals surface area contributed by atoms with Crippen LogP contribution in [0.4, 0.5) is 0 Å². The van der Waals surface area contributed by atoms with Crippen molar-refractivity contribution in [3.05, 3.63) is 60.2 Å². The smallest absolute Gasteiger partial charge is 0.0152 e. The van der Waals surface area contributed by atoms with E-state index in [1.165, 1.54) is 138 Å². The molecule has 0 fully saturated rings. The summed E-state index contributed by atoms with van der Waals surface area (Å²) in [6.07, 6.45) is 31.3. The predicted molar refractivity (Wildman–Crippen MR) is 146 cm³/mol. The summed E-state index contributed by atoms with van der Waals surface area (Å²) in [7, 11) is 0. The first-order chi connectivity index (χ1) is 15.9. The fourth-order valence-electron chi connectivity index (χ4n) is 4.79. The molecular weight excluding hydrogens is 384 g/mol. The Morgan fingerprint density at radius 2 is 1.00 bits per heavy atom. The Bertz CT molecular complexity index is 706. The molecule has 0 N–H and O–H groups in total. The highest BCUT2D eigenvalue weighted by atomic mass is 14.1. The molecule has 2 rings (SSSR count). The molecule has 0 nitrogen and oxygen atoms in total. The molecular formula is C32H50. The summed E-state index contributed by atoms with van der Waals surface area (Å²) in [6, 6.07) is 15.6. The third kappa shape index (κ3) is 12.5. The zero-order valence-corrected chi connectivity index (χ0v) is 21.1. The van der Waals surface area contributed by atoms with Crippen molar-refractivity contribution in [3.8, 4) is 0 Å². The lowest BCUT2D eigenvalue weighted by Gasteiger charge is -2.07. The van der Waals surface area contributed by atoms with Crippen LogP contribution in [-0.2, 0) is 6.42 Å². The SMILES string of the molecule is CCC/C=C/CCCCCCCCCCCCCCCCCc1cccc2ccccc12. The van der Waals surface area contributed by atoms with E-state index in [-0.39, 0.29) is 0 Å². The van der Waals surface area contributed by atoms with E-state index < -0.39 is 0 Å². The Labute approximate surface area is 199 Å². The van der Waals surface area contributed by atoms with E-state index in [4.69, 9.17) is 0 Å².